The summed E-state index contributed by atoms with van der Waals surface area (Å²) < 4.78 is 50.1. The number of benzene rings is 1. The summed E-state index contributed by atoms with van der Waals surface area (Å²) in [5, 5.41) is 12.2. The second-order valence-electron chi connectivity index (χ2n) is 8.24. The number of sulfonamides is 1. The molecule has 0 saturated heterocycles. The van der Waals surface area contributed by atoms with Crippen molar-refractivity contribution >= 4 is 27.6 Å². The van der Waals surface area contributed by atoms with Gasteiger partial charge >= 0.3 is 0 Å². The minimum atomic E-state index is -4.15. The fourth-order valence-corrected chi connectivity index (χ4v) is 5.08. The van der Waals surface area contributed by atoms with E-state index in [2.05, 4.69) is 30.0 Å². The molecule has 0 radical (unpaired) electrons. The van der Waals surface area contributed by atoms with Crippen molar-refractivity contribution in [3.8, 4) is 28.7 Å². The molecular formula is C24H29ClN8O5S. The highest BCUT2D eigenvalue weighted by molar-refractivity contribution is 7.93. The number of anilines is 1. The highest BCUT2D eigenvalue weighted by Gasteiger charge is 2.35. The molecule has 0 bridgehead atoms. The Morgan fingerprint density at radius 2 is 1.72 bits per heavy atom. The molecule has 0 aliphatic heterocycles. The fourth-order valence-electron chi connectivity index (χ4n) is 3.89. The van der Waals surface area contributed by atoms with Crippen molar-refractivity contribution in [3.05, 3.63) is 53.7 Å². The zero-order valence-corrected chi connectivity index (χ0v) is 23.6. The lowest BCUT2D eigenvalue weighted by molar-refractivity contribution is 0.0558. The summed E-state index contributed by atoms with van der Waals surface area (Å²) >= 11 is 5.92. The highest BCUT2D eigenvalue weighted by atomic mass is 35.5. The molecule has 0 amide bonds. The van der Waals surface area contributed by atoms with E-state index < -0.39 is 21.4 Å². The predicted octanol–water partition coefficient (Wildman–Crippen LogP) is 3.52. The van der Waals surface area contributed by atoms with Crippen LogP contribution in [0.2, 0.25) is 5.02 Å². The third kappa shape index (κ3) is 5.82. The summed E-state index contributed by atoms with van der Waals surface area (Å²) in [5.41, 5.74) is 0.860. The first kappa shape index (κ1) is 28.3. The first-order chi connectivity index (χ1) is 18.7. The molecule has 39 heavy (non-hydrogen) atoms. The van der Waals surface area contributed by atoms with Gasteiger partial charge in [-0.15, -0.1) is 10.2 Å². The summed E-state index contributed by atoms with van der Waals surface area (Å²) in [5.74, 6) is 1.16. The lowest BCUT2D eigenvalue weighted by Gasteiger charge is -2.23. The van der Waals surface area contributed by atoms with E-state index in [9.17, 15) is 8.42 Å². The summed E-state index contributed by atoms with van der Waals surface area (Å²) in [6, 6.07) is 6.95. The van der Waals surface area contributed by atoms with Crippen molar-refractivity contribution in [1.82, 2.24) is 34.5 Å². The first-order valence-electron chi connectivity index (χ1n) is 12.0. The van der Waals surface area contributed by atoms with E-state index in [4.69, 9.17) is 25.8 Å². The monoisotopic (exact) mass is 576 g/mol. The molecule has 0 unspecified atom stereocenters. The van der Waals surface area contributed by atoms with Crippen molar-refractivity contribution in [1.29, 1.82) is 0 Å². The molecule has 0 aliphatic rings. The Hall–Kier alpha value is -3.75. The molecule has 0 fully saturated rings. The van der Waals surface area contributed by atoms with Crippen LogP contribution in [0.4, 0.5) is 5.95 Å². The van der Waals surface area contributed by atoms with Gasteiger partial charge in [-0.25, -0.2) is 18.4 Å². The molecule has 4 rings (SSSR count). The third-order valence-electron chi connectivity index (χ3n) is 5.87. The molecule has 2 atom stereocenters. The number of hydrogen-bond acceptors (Lipinski definition) is 10. The van der Waals surface area contributed by atoms with Crippen LogP contribution in [0.15, 0.2) is 42.9 Å². The summed E-state index contributed by atoms with van der Waals surface area (Å²) in [6.07, 6.45) is 3.57. The van der Waals surface area contributed by atoms with Crippen LogP contribution < -0.4 is 14.2 Å². The molecule has 208 valence electrons. The van der Waals surface area contributed by atoms with Crippen molar-refractivity contribution in [3.63, 3.8) is 0 Å². The van der Waals surface area contributed by atoms with E-state index in [1.807, 2.05) is 6.92 Å². The largest absolute Gasteiger partial charge is 0.494 e. The van der Waals surface area contributed by atoms with Gasteiger partial charge in [0.25, 0.3) is 0 Å². The quantitative estimate of drug-likeness (QED) is 0.265. The second-order valence-corrected chi connectivity index (χ2v) is 10.7. The summed E-state index contributed by atoms with van der Waals surface area (Å²) in [4.78, 5) is 8.33. The van der Waals surface area contributed by atoms with Crippen molar-refractivity contribution in [2.45, 2.75) is 38.7 Å². The fraction of sp³-hybridized carbons (Fsp3) is 0.375. The maximum atomic E-state index is 13.7. The molecule has 1 N–H and O–H groups in total. The SMILES string of the molecule is CCO[C@H](c1ncc(Cl)cn1)[C@H](C)S(=O)(=O)Nc1nnc(-c2ccn(CC)n2)n1-c1c(OC)cccc1OC. The number of hydrogen-bond donors (Lipinski definition) is 1. The Bertz CT molecular complexity index is 1500. The number of aromatic nitrogens is 7. The van der Waals surface area contributed by atoms with Gasteiger partial charge in [0.1, 0.15) is 34.2 Å². The maximum Gasteiger partial charge on any atom is 0.243 e. The van der Waals surface area contributed by atoms with Gasteiger partial charge in [-0.2, -0.15) is 5.10 Å². The van der Waals surface area contributed by atoms with Crippen LogP contribution in [-0.4, -0.2) is 69.0 Å². The van der Waals surface area contributed by atoms with Crippen LogP contribution in [0, 0.1) is 0 Å². The molecule has 0 spiro atoms. The van der Waals surface area contributed by atoms with Crippen molar-refractivity contribution in [2.75, 3.05) is 25.5 Å². The number of aryl methyl sites for hydroxylation is 1. The van der Waals surface area contributed by atoms with E-state index >= 15 is 0 Å². The van der Waals surface area contributed by atoms with E-state index in [0.29, 0.717) is 34.4 Å². The van der Waals surface area contributed by atoms with Crippen molar-refractivity contribution < 1.29 is 22.6 Å². The topological polar surface area (TPSA) is 148 Å². The zero-order chi connectivity index (χ0) is 28.2. The van der Waals surface area contributed by atoms with E-state index in [0.717, 1.165) is 0 Å². The smallest absolute Gasteiger partial charge is 0.243 e. The Balaban J connectivity index is 1.83. The minimum absolute atomic E-state index is 0.0991. The van der Waals surface area contributed by atoms with Gasteiger partial charge in [0.15, 0.2) is 11.6 Å². The number of methoxy groups -OCH3 is 2. The Labute approximate surface area is 231 Å². The van der Waals surface area contributed by atoms with Gasteiger partial charge in [0.05, 0.1) is 19.2 Å². The molecule has 4 aromatic rings. The number of rotatable bonds is 12. The molecule has 3 heterocycles. The molecule has 15 heteroatoms. The zero-order valence-electron chi connectivity index (χ0n) is 22.1. The van der Waals surface area contributed by atoms with Crippen LogP contribution in [0.1, 0.15) is 32.7 Å². The van der Waals surface area contributed by atoms with Crippen molar-refractivity contribution in [2.24, 2.45) is 0 Å². The predicted molar refractivity (Wildman–Crippen MR) is 145 cm³/mol. The molecule has 13 nitrogen and oxygen atoms in total. The van der Waals surface area contributed by atoms with Gasteiger partial charge < -0.3 is 14.2 Å². The van der Waals surface area contributed by atoms with Gasteiger partial charge in [-0.1, -0.05) is 17.7 Å². The van der Waals surface area contributed by atoms with Crippen LogP contribution in [0.25, 0.3) is 17.2 Å². The average Bonchev–Trinajstić information content (AvgIpc) is 3.58. The van der Waals surface area contributed by atoms with Crippen LogP contribution in [0.3, 0.4) is 0 Å². The lowest BCUT2D eigenvalue weighted by atomic mass is 10.2. The Morgan fingerprint density at radius 1 is 1.05 bits per heavy atom. The average molecular weight is 577 g/mol. The molecular weight excluding hydrogens is 548 g/mol. The molecule has 3 aromatic heterocycles. The normalized spacial score (nSPS) is 13.2. The van der Waals surface area contributed by atoms with E-state index in [1.54, 1.807) is 42.1 Å². The molecule has 0 aliphatic carbocycles. The summed E-state index contributed by atoms with van der Waals surface area (Å²) in [6.45, 7) is 6.06. The first-order valence-corrected chi connectivity index (χ1v) is 14.0. The second kappa shape index (κ2) is 12.0. The Morgan fingerprint density at radius 3 is 2.28 bits per heavy atom. The van der Waals surface area contributed by atoms with Crippen LogP contribution >= 0.6 is 11.6 Å². The lowest BCUT2D eigenvalue weighted by Crippen LogP contribution is -2.34. The maximum absolute atomic E-state index is 13.7. The number of nitrogens with one attached hydrogen (secondary N) is 1. The van der Waals surface area contributed by atoms with Gasteiger partial charge in [-0.3, -0.25) is 14.0 Å². The van der Waals surface area contributed by atoms with Crippen LogP contribution in [-0.2, 0) is 21.3 Å². The molecule has 1 aromatic carbocycles. The van der Waals surface area contributed by atoms with E-state index in [1.165, 1.54) is 38.1 Å². The molecule has 0 saturated carbocycles. The minimum Gasteiger partial charge on any atom is -0.494 e. The van der Waals surface area contributed by atoms with Gasteiger partial charge in [0.2, 0.25) is 16.0 Å². The highest BCUT2D eigenvalue weighted by Crippen LogP contribution is 2.38. The summed E-state index contributed by atoms with van der Waals surface area (Å²) in [7, 11) is -1.15. The number of para-hydroxylation sites is 1. The Kier molecular flexibility index (Phi) is 8.67. The van der Waals surface area contributed by atoms with E-state index in [-0.39, 0.29) is 24.2 Å². The standard InChI is InChI=1S/C24H29ClN8O5S/c1-6-32-12-11-17(30-32)23-28-29-24(33(23)20-18(36-4)9-8-10-19(20)37-5)31-39(34,35)15(3)21(38-7-2)22-26-13-16(25)14-27-22/h8-15,21H,6-7H2,1-5H3,(H,29,31)/t15-,21-/m0/s1. The van der Waals surface area contributed by atoms with Gasteiger partial charge in [0, 0.05) is 31.7 Å². The third-order valence-corrected chi connectivity index (χ3v) is 7.76. The number of nitrogens with zero attached hydrogens (tertiary/aromatic N) is 7. The van der Waals surface area contributed by atoms with Crippen LogP contribution in [0.5, 0.6) is 11.5 Å². The number of halogens is 1. The number of ether oxygens (including phenoxy) is 3. The van der Waals surface area contributed by atoms with Gasteiger partial charge in [-0.05, 0) is 39.0 Å².